The van der Waals surface area contributed by atoms with Gasteiger partial charge in [-0.3, -0.25) is 9.69 Å². The summed E-state index contributed by atoms with van der Waals surface area (Å²) in [4.78, 5) is 26.9. The second-order valence-corrected chi connectivity index (χ2v) is 7.52. The van der Waals surface area contributed by atoms with Gasteiger partial charge in [0.05, 0.1) is 0 Å². The van der Waals surface area contributed by atoms with Crippen LogP contribution in [0.2, 0.25) is 0 Å². The molecule has 6 nitrogen and oxygen atoms in total. The van der Waals surface area contributed by atoms with Crippen molar-refractivity contribution in [1.82, 2.24) is 10.2 Å². The average Bonchev–Trinajstić information content (AvgIpc) is 2.84. The number of carbonyl (C=O) groups is 1. The molecule has 1 amide bonds. The molecule has 0 aliphatic carbocycles. The molecule has 1 aliphatic rings. The van der Waals surface area contributed by atoms with Gasteiger partial charge in [-0.2, -0.15) is 0 Å². The first-order valence-corrected chi connectivity index (χ1v) is 9.79. The number of hydrogen-bond donors (Lipinski definition) is 1. The highest BCUT2D eigenvalue weighted by Gasteiger charge is 2.20. The second-order valence-electron chi connectivity index (χ2n) is 7.52. The molecule has 4 rings (SSSR count). The normalized spacial score (nSPS) is 16.7. The Bertz CT molecular complexity index is 1110. The van der Waals surface area contributed by atoms with Crippen LogP contribution in [-0.4, -0.2) is 36.5 Å². The van der Waals surface area contributed by atoms with E-state index in [4.69, 9.17) is 9.15 Å². The van der Waals surface area contributed by atoms with Crippen LogP contribution in [0.5, 0.6) is 5.75 Å². The fraction of sp³-hybridized carbons (Fsp3) is 0.304. The van der Waals surface area contributed by atoms with E-state index >= 15 is 0 Å². The summed E-state index contributed by atoms with van der Waals surface area (Å²) in [5.74, 6) is 0.503. The van der Waals surface area contributed by atoms with E-state index in [1.165, 1.54) is 5.56 Å². The van der Waals surface area contributed by atoms with Gasteiger partial charge in [-0.05, 0) is 32.0 Å². The second kappa shape index (κ2) is 8.09. The summed E-state index contributed by atoms with van der Waals surface area (Å²) in [7, 11) is 0. The van der Waals surface area contributed by atoms with Gasteiger partial charge in [0.25, 0.3) is 5.91 Å². The molecule has 0 radical (unpaired) electrons. The molecule has 0 bridgehead atoms. The molecular formula is C23H24N2O4. The van der Waals surface area contributed by atoms with E-state index in [2.05, 4.69) is 29.3 Å². The maximum atomic E-state index is 12.5. The van der Waals surface area contributed by atoms with E-state index in [0.29, 0.717) is 18.7 Å². The average molecular weight is 392 g/mol. The van der Waals surface area contributed by atoms with Gasteiger partial charge in [0, 0.05) is 37.1 Å². The summed E-state index contributed by atoms with van der Waals surface area (Å²) in [5, 5.41) is 3.57. The first-order chi connectivity index (χ1) is 14.0. The molecule has 1 aromatic heterocycles. The molecule has 1 unspecified atom stereocenters. The van der Waals surface area contributed by atoms with E-state index in [0.717, 1.165) is 29.8 Å². The summed E-state index contributed by atoms with van der Waals surface area (Å²) in [5.41, 5.74) is 2.22. The molecule has 3 aromatic rings. The number of para-hydroxylation sites is 1. The maximum absolute atomic E-state index is 12.5. The number of nitrogens with zero attached hydrogens (tertiary/aromatic N) is 1. The Morgan fingerprint density at radius 1 is 1.21 bits per heavy atom. The first-order valence-electron chi connectivity index (χ1n) is 9.79. The number of amides is 1. The van der Waals surface area contributed by atoms with Crippen LogP contribution in [-0.2, 0) is 6.54 Å². The van der Waals surface area contributed by atoms with Crippen molar-refractivity contribution >= 4 is 16.9 Å². The SMILES string of the molecule is Cc1ccc2c(c1)CN(CCNC(=O)c1cc3ccccc3oc1=O)CC(C)O2. The molecule has 1 N–H and O–H groups in total. The Kier molecular flexibility index (Phi) is 5.36. The lowest BCUT2D eigenvalue weighted by molar-refractivity contribution is 0.0941. The number of benzene rings is 2. The molecule has 0 saturated heterocycles. The zero-order valence-electron chi connectivity index (χ0n) is 16.6. The molecule has 1 aliphatic heterocycles. The summed E-state index contributed by atoms with van der Waals surface area (Å²) < 4.78 is 11.3. The Hall–Kier alpha value is -3.12. The Labute approximate surface area is 169 Å². The Morgan fingerprint density at radius 3 is 2.90 bits per heavy atom. The molecule has 2 heterocycles. The fourth-order valence-electron chi connectivity index (χ4n) is 3.68. The van der Waals surface area contributed by atoms with Gasteiger partial charge in [0.15, 0.2) is 0 Å². The van der Waals surface area contributed by atoms with Crippen molar-refractivity contribution in [3.05, 3.63) is 75.6 Å². The molecule has 6 heteroatoms. The van der Waals surface area contributed by atoms with Gasteiger partial charge in [-0.1, -0.05) is 35.9 Å². The van der Waals surface area contributed by atoms with E-state index in [1.807, 2.05) is 25.1 Å². The highest BCUT2D eigenvalue weighted by Crippen LogP contribution is 2.26. The van der Waals surface area contributed by atoms with Crippen molar-refractivity contribution in [3.63, 3.8) is 0 Å². The minimum absolute atomic E-state index is 0.0252. The smallest absolute Gasteiger partial charge is 0.349 e. The van der Waals surface area contributed by atoms with Gasteiger partial charge < -0.3 is 14.5 Å². The lowest BCUT2D eigenvalue weighted by Gasteiger charge is -2.21. The summed E-state index contributed by atoms with van der Waals surface area (Å²) in [6, 6.07) is 14.9. The quantitative estimate of drug-likeness (QED) is 0.691. The lowest BCUT2D eigenvalue weighted by Crippen LogP contribution is -2.38. The zero-order chi connectivity index (χ0) is 20.4. The van der Waals surface area contributed by atoms with E-state index < -0.39 is 11.5 Å². The molecule has 2 aromatic carbocycles. The van der Waals surface area contributed by atoms with Crippen LogP contribution >= 0.6 is 0 Å². The van der Waals surface area contributed by atoms with Crippen molar-refractivity contribution in [1.29, 1.82) is 0 Å². The minimum atomic E-state index is -0.623. The number of ether oxygens (including phenoxy) is 1. The van der Waals surface area contributed by atoms with Crippen molar-refractivity contribution < 1.29 is 13.9 Å². The predicted octanol–water partition coefficient (Wildman–Crippen LogP) is 3.11. The lowest BCUT2D eigenvalue weighted by atomic mass is 10.1. The molecule has 29 heavy (non-hydrogen) atoms. The number of aryl methyl sites for hydroxylation is 1. The Balaban J connectivity index is 1.41. The number of hydrogen-bond acceptors (Lipinski definition) is 5. The highest BCUT2D eigenvalue weighted by atomic mass is 16.5. The topological polar surface area (TPSA) is 71.8 Å². The van der Waals surface area contributed by atoms with Crippen LogP contribution < -0.4 is 15.7 Å². The number of fused-ring (bicyclic) bond motifs is 2. The first kappa shape index (κ1) is 19.2. The molecule has 0 spiro atoms. The number of carbonyl (C=O) groups excluding carboxylic acids is 1. The molecule has 150 valence electrons. The zero-order valence-corrected chi connectivity index (χ0v) is 16.6. The van der Waals surface area contributed by atoms with Crippen LogP contribution in [0.3, 0.4) is 0 Å². The molecule has 0 fully saturated rings. The van der Waals surface area contributed by atoms with Crippen LogP contribution in [0.1, 0.15) is 28.4 Å². The van der Waals surface area contributed by atoms with Crippen molar-refractivity contribution in [2.24, 2.45) is 0 Å². The third kappa shape index (κ3) is 4.32. The highest BCUT2D eigenvalue weighted by molar-refractivity contribution is 5.96. The molecule has 0 saturated carbocycles. The third-order valence-electron chi connectivity index (χ3n) is 5.05. The van der Waals surface area contributed by atoms with Crippen LogP contribution in [0.25, 0.3) is 11.0 Å². The third-order valence-corrected chi connectivity index (χ3v) is 5.05. The summed E-state index contributed by atoms with van der Waals surface area (Å²) >= 11 is 0. The fourth-order valence-corrected chi connectivity index (χ4v) is 3.68. The summed E-state index contributed by atoms with van der Waals surface area (Å²) in [6.45, 7) is 6.72. The molecular weight excluding hydrogens is 368 g/mol. The van der Waals surface area contributed by atoms with Gasteiger partial charge in [0.1, 0.15) is 23.0 Å². The van der Waals surface area contributed by atoms with Gasteiger partial charge in [0.2, 0.25) is 0 Å². The maximum Gasteiger partial charge on any atom is 0.349 e. The molecule has 1 atom stereocenters. The Morgan fingerprint density at radius 2 is 2.03 bits per heavy atom. The van der Waals surface area contributed by atoms with Gasteiger partial charge in [-0.15, -0.1) is 0 Å². The number of nitrogens with one attached hydrogen (secondary N) is 1. The standard InChI is InChI=1S/C23H24N2O4/c1-15-7-8-21-18(11-15)14-25(13-16(2)28-21)10-9-24-22(26)19-12-17-5-3-4-6-20(17)29-23(19)27/h3-8,11-12,16H,9-10,13-14H2,1-2H3,(H,24,26). The van der Waals surface area contributed by atoms with Crippen molar-refractivity contribution in [2.75, 3.05) is 19.6 Å². The number of rotatable bonds is 4. The van der Waals surface area contributed by atoms with E-state index in [-0.39, 0.29) is 11.7 Å². The van der Waals surface area contributed by atoms with Gasteiger partial charge in [-0.25, -0.2) is 4.79 Å². The van der Waals surface area contributed by atoms with E-state index in [9.17, 15) is 9.59 Å². The van der Waals surface area contributed by atoms with E-state index in [1.54, 1.807) is 18.2 Å². The monoisotopic (exact) mass is 392 g/mol. The van der Waals surface area contributed by atoms with Crippen molar-refractivity contribution in [3.8, 4) is 5.75 Å². The van der Waals surface area contributed by atoms with Crippen LogP contribution in [0, 0.1) is 6.92 Å². The van der Waals surface area contributed by atoms with Crippen LogP contribution in [0.4, 0.5) is 0 Å². The largest absolute Gasteiger partial charge is 0.489 e. The van der Waals surface area contributed by atoms with Gasteiger partial charge >= 0.3 is 5.63 Å². The minimum Gasteiger partial charge on any atom is -0.489 e. The predicted molar refractivity (Wildman–Crippen MR) is 111 cm³/mol. The van der Waals surface area contributed by atoms with Crippen LogP contribution in [0.15, 0.2) is 57.7 Å². The summed E-state index contributed by atoms with van der Waals surface area (Å²) in [6.07, 6.45) is 0.0576. The van der Waals surface area contributed by atoms with Crippen molar-refractivity contribution in [2.45, 2.75) is 26.5 Å².